The Balaban J connectivity index is 1.89. The number of ether oxygens (including phenoxy) is 1. The van der Waals surface area contributed by atoms with Crippen molar-refractivity contribution in [3.8, 4) is 0 Å². The maximum absolute atomic E-state index is 11.2. The van der Waals surface area contributed by atoms with Crippen molar-refractivity contribution in [3.05, 3.63) is 0 Å². The summed E-state index contributed by atoms with van der Waals surface area (Å²) in [6.45, 7) is 2.25. The molecule has 2 aliphatic carbocycles. The highest BCUT2D eigenvalue weighted by Gasteiger charge is 2.60. The lowest BCUT2D eigenvalue weighted by molar-refractivity contribution is -0.145. The first kappa shape index (κ1) is 7.77. The number of carbonyl (C=O) groups is 2. The smallest absolute Gasteiger partial charge is 0.309 e. The largest absolute Gasteiger partial charge is 0.466 e. The summed E-state index contributed by atoms with van der Waals surface area (Å²) in [7, 11) is 0. The summed E-state index contributed by atoms with van der Waals surface area (Å²) in [5.74, 6) is 0.932. The number of fused-ring (bicyclic) bond motifs is 1. The Bertz CT molecular complexity index is 220. The minimum Gasteiger partial charge on any atom is -0.466 e. The standard InChI is InChI=1S/C9H12O3/c1-2-12-9(11)8-6-3-5(10)4-7(6)8/h6-8H,2-4H2,1H3/t6-,7+,8?. The molecule has 0 aromatic rings. The lowest BCUT2D eigenvalue weighted by atomic mass is 10.1. The molecule has 0 bridgehead atoms. The highest BCUT2D eigenvalue weighted by Crippen LogP contribution is 2.56. The van der Waals surface area contributed by atoms with Gasteiger partial charge in [0.25, 0.3) is 0 Å². The van der Waals surface area contributed by atoms with Crippen molar-refractivity contribution in [1.82, 2.24) is 0 Å². The van der Waals surface area contributed by atoms with Gasteiger partial charge in [-0.25, -0.2) is 0 Å². The Morgan fingerprint density at radius 2 is 2.08 bits per heavy atom. The fraction of sp³-hybridized carbons (Fsp3) is 0.778. The van der Waals surface area contributed by atoms with Crippen LogP contribution in [0.3, 0.4) is 0 Å². The van der Waals surface area contributed by atoms with Crippen LogP contribution in [0.25, 0.3) is 0 Å². The molecule has 12 heavy (non-hydrogen) atoms. The number of carbonyl (C=O) groups excluding carboxylic acids is 2. The summed E-state index contributed by atoms with van der Waals surface area (Å²) in [4.78, 5) is 22.0. The maximum atomic E-state index is 11.2. The van der Waals surface area contributed by atoms with Gasteiger partial charge in [-0.3, -0.25) is 9.59 Å². The second-order valence-corrected chi connectivity index (χ2v) is 3.55. The molecule has 0 saturated heterocycles. The predicted molar refractivity (Wildman–Crippen MR) is 41.3 cm³/mol. The third kappa shape index (κ3) is 1.04. The Labute approximate surface area is 71.1 Å². The van der Waals surface area contributed by atoms with Gasteiger partial charge in [0.15, 0.2) is 0 Å². The van der Waals surface area contributed by atoms with E-state index in [4.69, 9.17) is 4.74 Å². The van der Waals surface area contributed by atoms with E-state index < -0.39 is 0 Å². The lowest BCUT2D eigenvalue weighted by Gasteiger charge is -2.01. The molecule has 0 radical (unpaired) electrons. The minimum atomic E-state index is -0.0972. The quantitative estimate of drug-likeness (QED) is 0.572. The van der Waals surface area contributed by atoms with Crippen molar-refractivity contribution in [1.29, 1.82) is 0 Å². The SMILES string of the molecule is CCOC(=O)C1[C@H]2CC(=O)C[C@@H]12. The molecule has 2 aliphatic rings. The van der Waals surface area contributed by atoms with Crippen molar-refractivity contribution in [2.24, 2.45) is 17.8 Å². The van der Waals surface area contributed by atoms with Crippen LogP contribution in [0.4, 0.5) is 0 Å². The molecule has 3 nitrogen and oxygen atoms in total. The van der Waals surface area contributed by atoms with Crippen LogP contribution in [-0.2, 0) is 14.3 Å². The van der Waals surface area contributed by atoms with Crippen LogP contribution in [-0.4, -0.2) is 18.4 Å². The van der Waals surface area contributed by atoms with E-state index in [2.05, 4.69) is 0 Å². The van der Waals surface area contributed by atoms with Crippen molar-refractivity contribution in [3.63, 3.8) is 0 Å². The summed E-state index contributed by atoms with van der Waals surface area (Å²) in [5.41, 5.74) is 0. The first-order valence-corrected chi connectivity index (χ1v) is 4.42. The van der Waals surface area contributed by atoms with Gasteiger partial charge in [0.1, 0.15) is 5.78 Å². The Morgan fingerprint density at radius 1 is 1.50 bits per heavy atom. The second kappa shape index (κ2) is 2.57. The highest BCUT2D eigenvalue weighted by molar-refractivity contribution is 5.88. The molecular formula is C9H12O3. The number of ketones is 1. The maximum Gasteiger partial charge on any atom is 0.309 e. The van der Waals surface area contributed by atoms with Crippen molar-refractivity contribution >= 4 is 11.8 Å². The van der Waals surface area contributed by atoms with Crippen LogP contribution >= 0.6 is 0 Å². The fourth-order valence-corrected chi connectivity index (χ4v) is 2.20. The summed E-state index contributed by atoms with van der Waals surface area (Å²) in [6.07, 6.45) is 1.21. The molecule has 0 amide bonds. The van der Waals surface area contributed by atoms with E-state index >= 15 is 0 Å². The third-order valence-electron chi connectivity index (χ3n) is 2.82. The average Bonchev–Trinajstić information content (AvgIpc) is 2.51. The van der Waals surface area contributed by atoms with Crippen molar-refractivity contribution in [2.45, 2.75) is 19.8 Å². The van der Waals surface area contributed by atoms with Gasteiger partial charge in [0.05, 0.1) is 12.5 Å². The van der Waals surface area contributed by atoms with E-state index in [1.165, 1.54) is 0 Å². The first-order valence-electron chi connectivity index (χ1n) is 4.42. The van der Waals surface area contributed by atoms with Crippen molar-refractivity contribution in [2.75, 3.05) is 6.61 Å². The first-order chi connectivity index (χ1) is 5.74. The Morgan fingerprint density at radius 3 is 2.58 bits per heavy atom. The van der Waals surface area contributed by atoms with Gasteiger partial charge in [-0.1, -0.05) is 0 Å². The van der Waals surface area contributed by atoms with Gasteiger partial charge in [-0.2, -0.15) is 0 Å². The number of Topliss-reactive ketones (excluding diaryl/α,β-unsaturated/α-hetero) is 1. The summed E-state index contributed by atoms with van der Waals surface area (Å²) in [6, 6.07) is 0. The molecular weight excluding hydrogens is 156 g/mol. The van der Waals surface area contributed by atoms with E-state index in [1.807, 2.05) is 0 Å². The molecule has 2 rings (SSSR count). The molecule has 3 atom stereocenters. The van der Waals surface area contributed by atoms with Crippen LogP contribution in [0, 0.1) is 17.8 Å². The highest BCUT2D eigenvalue weighted by atomic mass is 16.5. The monoisotopic (exact) mass is 168 g/mol. The molecule has 2 fully saturated rings. The second-order valence-electron chi connectivity index (χ2n) is 3.55. The molecule has 2 saturated carbocycles. The molecule has 0 spiro atoms. The fourth-order valence-electron chi connectivity index (χ4n) is 2.20. The normalized spacial score (nSPS) is 37.8. The minimum absolute atomic E-state index is 0.0580. The average molecular weight is 168 g/mol. The zero-order valence-electron chi connectivity index (χ0n) is 7.08. The summed E-state index contributed by atoms with van der Waals surface area (Å²) < 4.78 is 4.89. The summed E-state index contributed by atoms with van der Waals surface area (Å²) in [5, 5.41) is 0. The molecule has 1 unspecified atom stereocenters. The van der Waals surface area contributed by atoms with Crippen LogP contribution in [0.2, 0.25) is 0 Å². The van der Waals surface area contributed by atoms with Gasteiger partial charge in [0, 0.05) is 12.8 Å². The molecule has 0 aromatic heterocycles. The zero-order chi connectivity index (χ0) is 8.72. The van der Waals surface area contributed by atoms with Gasteiger partial charge < -0.3 is 4.74 Å². The number of rotatable bonds is 2. The molecule has 3 heteroatoms. The van der Waals surface area contributed by atoms with Crippen molar-refractivity contribution < 1.29 is 14.3 Å². The van der Waals surface area contributed by atoms with Crippen LogP contribution in [0.15, 0.2) is 0 Å². The van der Waals surface area contributed by atoms with E-state index in [1.54, 1.807) is 6.92 Å². The van der Waals surface area contributed by atoms with E-state index in [0.29, 0.717) is 37.1 Å². The molecule has 0 aliphatic heterocycles. The van der Waals surface area contributed by atoms with E-state index in [0.717, 1.165) is 0 Å². The molecule has 66 valence electrons. The zero-order valence-corrected chi connectivity index (χ0v) is 7.08. The van der Waals surface area contributed by atoms with E-state index in [-0.39, 0.29) is 11.9 Å². The number of hydrogen-bond donors (Lipinski definition) is 0. The number of esters is 1. The number of hydrogen-bond acceptors (Lipinski definition) is 3. The molecule has 0 aromatic carbocycles. The van der Waals surface area contributed by atoms with Gasteiger partial charge in [-0.05, 0) is 18.8 Å². The van der Waals surface area contributed by atoms with Gasteiger partial charge in [0.2, 0.25) is 0 Å². The van der Waals surface area contributed by atoms with Crippen LogP contribution in [0.1, 0.15) is 19.8 Å². The lowest BCUT2D eigenvalue weighted by Crippen LogP contribution is -2.12. The van der Waals surface area contributed by atoms with Crippen LogP contribution < -0.4 is 0 Å². The topological polar surface area (TPSA) is 43.4 Å². The molecule has 0 heterocycles. The van der Waals surface area contributed by atoms with Crippen LogP contribution in [0.5, 0.6) is 0 Å². The Hall–Kier alpha value is -0.860. The summed E-state index contributed by atoms with van der Waals surface area (Å²) >= 11 is 0. The van der Waals surface area contributed by atoms with Gasteiger partial charge >= 0.3 is 5.97 Å². The van der Waals surface area contributed by atoms with E-state index in [9.17, 15) is 9.59 Å². The third-order valence-corrected chi connectivity index (χ3v) is 2.82. The predicted octanol–water partition coefficient (Wildman–Crippen LogP) is 0.775. The van der Waals surface area contributed by atoms with Gasteiger partial charge in [-0.15, -0.1) is 0 Å². The Kier molecular flexibility index (Phi) is 1.67. The molecule has 0 N–H and O–H groups in total.